The second-order valence-corrected chi connectivity index (χ2v) is 5.59. The van der Waals surface area contributed by atoms with Crippen molar-refractivity contribution in [1.29, 1.82) is 0 Å². The molecule has 0 fully saturated rings. The van der Waals surface area contributed by atoms with Gasteiger partial charge in [-0.3, -0.25) is 0 Å². The lowest BCUT2D eigenvalue weighted by Crippen LogP contribution is -1.99. The lowest BCUT2D eigenvalue weighted by Gasteiger charge is -2.13. The molecule has 1 aromatic rings. The SMILES string of the molecule is C/C(=C\C(C)(C)C)c1cc(C)cs1. The van der Waals surface area contributed by atoms with E-state index in [-0.39, 0.29) is 5.41 Å². The topological polar surface area (TPSA) is 0 Å². The lowest BCUT2D eigenvalue weighted by atomic mass is 9.93. The molecule has 1 rings (SSSR count). The number of hydrogen-bond acceptors (Lipinski definition) is 1. The third-order valence-electron chi connectivity index (χ3n) is 1.77. The van der Waals surface area contributed by atoms with Crippen LogP contribution in [0.4, 0.5) is 0 Å². The zero-order valence-corrected chi connectivity index (χ0v) is 9.96. The molecule has 1 aromatic heterocycles. The summed E-state index contributed by atoms with van der Waals surface area (Å²) in [6.45, 7) is 11.0. The van der Waals surface area contributed by atoms with E-state index in [9.17, 15) is 0 Å². The Hall–Kier alpha value is -0.560. The van der Waals surface area contributed by atoms with Gasteiger partial charge >= 0.3 is 0 Å². The molecule has 0 bridgehead atoms. The number of aryl methyl sites for hydroxylation is 1. The van der Waals surface area contributed by atoms with E-state index in [1.807, 2.05) is 11.3 Å². The fourth-order valence-corrected chi connectivity index (χ4v) is 2.24. The molecule has 0 radical (unpaired) electrons. The van der Waals surface area contributed by atoms with Crippen LogP contribution in [0.1, 0.15) is 38.1 Å². The maximum absolute atomic E-state index is 2.33. The minimum atomic E-state index is 0.280. The van der Waals surface area contributed by atoms with Gasteiger partial charge in [0.15, 0.2) is 0 Å². The van der Waals surface area contributed by atoms with Crippen LogP contribution in [0.25, 0.3) is 5.57 Å². The van der Waals surface area contributed by atoms with Crippen LogP contribution in [0.3, 0.4) is 0 Å². The molecular formula is C12H18S. The first kappa shape index (κ1) is 10.5. The average Bonchev–Trinajstić information content (AvgIpc) is 2.31. The standard InChI is InChI=1S/C12H18S/c1-9-6-11(13-8-9)10(2)7-12(3,4)5/h6-8H,1-5H3/b10-7+. The van der Waals surface area contributed by atoms with Crippen LogP contribution in [-0.2, 0) is 0 Å². The van der Waals surface area contributed by atoms with Crippen molar-refractivity contribution >= 4 is 16.9 Å². The smallest absolute Gasteiger partial charge is 0.0299 e. The highest BCUT2D eigenvalue weighted by atomic mass is 32.1. The van der Waals surface area contributed by atoms with Crippen LogP contribution in [0.15, 0.2) is 17.5 Å². The van der Waals surface area contributed by atoms with Gasteiger partial charge in [0, 0.05) is 4.88 Å². The highest BCUT2D eigenvalue weighted by molar-refractivity contribution is 7.11. The molecule has 0 aliphatic carbocycles. The minimum Gasteiger partial charge on any atom is -0.144 e. The van der Waals surface area contributed by atoms with Crippen LogP contribution in [0, 0.1) is 12.3 Å². The van der Waals surface area contributed by atoms with E-state index in [2.05, 4.69) is 52.1 Å². The van der Waals surface area contributed by atoms with Gasteiger partial charge in [0.05, 0.1) is 0 Å². The molecule has 72 valence electrons. The summed E-state index contributed by atoms with van der Waals surface area (Å²) in [7, 11) is 0. The summed E-state index contributed by atoms with van der Waals surface area (Å²) in [5.74, 6) is 0. The molecule has 0 nitrogen and oxygen atoms in total. The van der Waals surface area contributed by atoms with Gasteiger partial charge in [0.2, 0.25) is 0 Å². The summed E-state index contributed by atoms with van der Waals surface area (Å²) >= 11 is 1.83. The molecule has 0 atom stereocenters. The minimum absolute atomic E-state index is 0.280. The second kappa shape index (κ2) is 3.67. The molecule has 0 N–H and O–H groups in total. The summed E-state index contributed by atoms with van der Waals surface area (Å²) in [5.41, 5.74) is 3.04. The first-order chi connectivity index (χ1) is 5.88. The van der Waals surface area contributed by atoms with Crippen molar-refractivity contribution in [1.82, 2.24) is 0 Å². The van der Waals surface area contributed by atoms with Gasteiger partial charge in [-0.1, -0.05) is 26.8 Å². The van der Waals surface area contributed by atoms with E-state index in [0.29, 0.717) is 0 Å². The number of thiophene rings is 1. The van der Waals surface area contributed by atoms with E-state index in [0.717, 1.165) is 0 Å². The predicted molar refractivity (Wildman–Crippen MR) is 62.2 cm³/mol. The summed E-state index contributed by atoms with van der Waals surface area (Å²) in [5, 5.41) is 2.20. The van der Waals surface area contributed by atoms with Crippen LogP contribution < -0.4 is 0 Å². The van der Waals surface area contributed by atoms with Gasteiger partial charge in [0.25, 0.3) is 0 Å². The Morgan fingerprint density at radius 2 is 2.00 bits per heavy atom. The van der Waals surface area contributed by atoms with Gasteiger partial charge in [-0.25, -0.2) is 0 Å². The predicted octanol–water partition coefficient (Wildman–Crippen LogP) is 4.51. The molecule has 0 spiro atoms. The van der Waals surface area contributed by atoms with Gasteiger partial charge in [-0.15, -0.1) is 11.3 Å². The van der Waals surface area contributed by atoms with Crippen molar-refractivity contribution < 1.29 is 0 Å². The van der Waals surface area contributed by atoms with Gasteiger partial charge < -0.3 is 0 Å². The monoisotopic (exact) mass is 194 g/mol. The number of rotatable bonds is 1. The average molecular weight is 194 g/mol. The first-order valence-corrected chi connectivity index (χ1v) is 5.51. The molecule has 13 heavy (non-hydrogen) atoms. The quantitative estimate of drug-likeness (QED) is 0.617. The third kappa shape index (κ3) is 3.35. The summed E-state index contributed by atoms with van der Waals surface area (Å²) in [6.07, 6.45) is 2.33. The first-order valence-electron chi connectivity index (χ1n) is 4.63. The Morgan fingerprint density at radius 3 is 2.38 bits per heavy atom. The van der Waals surface area contributed by atoms with Crippen molar-refractivity contribution in [2.24, 2.45) is 5.41 Å². The fraction of sp³-hybridized carbons (Fsp3) is 0.500. The Labute approximate surface area is 85.3 Å². The van der Waals surface area contributed by atoms with E-state index in [1.54, 1.807) is 0 Å². The van der Waals surface area contributed by atoms with E-state index in [1.165, 1.54) is 16.0 Å². The largest absolute Gasteiger partial charge is 0.144 e. The van der Waals surface area contributed by atoms with E-state index >= 15 is 0 Å². The van der Waals surface area contributed by atoms with Crippen molar-refractivity contribution in [3.63, 3.8) is 0 Å². The Bertz CT molecular complexity index is 310. The summed E-state index contributed by atoms with van der Waals surface area (Å²) in [4.78, 5) is 1.40. The van der Waals surface area contributed by atoms with Crippen LogP contribution >= 0.6 is 11.3 Å². The molecule has 1 heterocycles. The highest BCUT2D eigenvalue weighted by Gasteiger charge is 2.07. The lowest BCUT2D eigenvalue weighted by molar-refractivity contribution is 0.545. The molecule has 0 saturated heterocycles. The second-order valence-electron chi connectivity index (χ2n) is 4.68. The zero-order valence-electron chi connectivity index (χ0n) is 9.14. The Kier molecular flexibility index (Phi) is 2.97. The van der Waals surface area contributed by atoms with E-state index < -0.39 is 0 Å². The van der Waals surface area contributed by atoms with Crippen LogP contribution in [0.2, 0.25) is 0 Å². The van der Waals surface area contributed by atoms with E-state index in [4.69, 9.17) is 0 Å². The van der Waals surface area contributed by atoms with Crippen molar-refractivity contribution in [3.05, 3.63) is 28.0 Å². The highest BCUT2D eigenvalue weighted by Crippen LogP contribution is 2.27. The molecule has 0 saturated carbocycles. The molecular weight excluding hydrogens is 176 g/mol. The van der Waals surface area contributed by atoms with Crippen molar-refractivity contribution in [2.75, 3.05) is 0 Å². The Balaban J connectivity index is 2.91. The van der Waals surface area contributed by atoms with Crippen LogP contribution in [0.5, 0.6) is 0 Å². The normalized spacial score (nSPS) is 13.5. The van der Waals surface area contributed by atoms with Crippen LogP contribution in [-0.4, -0.2) is 0 Å². The summed E-state index contributed by atoms with van der Waals surface area (Å²) in [6, 6.07) is 2.25. The molecule has 0 aliphatic rings. The van der Waals surface area contributed by atoms with Gasteiger partial charge in [-0.05, 0) is 41.8 Å². The fourth-order valence-electron chi connectivity index (χ4n) is 1.36. The van der Waals surface area contributed by atoms with Gasteiger partial charge in [-0.2, -0.15) is 0 Å². The Morgan fingerprint density at radius 1 is 1.38 bits per heavy atom. The van der Waals surface area contributed by atoms with Crippen molar-refractivity contribution in [2.45, 2.75) is 34.6 Å². The molecule has 0 aromatic carbocycles. The summed E-state index contributed by atoms with van der Waals surface area (Å²) < 4.78 is 0. The zero-order chi connectivity index (χ0) is 10.1. The van der Waals surface area contributed by atoms with Gasteiger partial charge in [0.1, 0.15) is 0 Å². The molecule has 1 heteroatoms. The number of allylic oxidation sites excluding steroid dienone is 2. The number of hydrogen-bond donors (Lipinski definition) is 0. The third-order valence-corrected chi connectivity index (χ3v) is 2.95. The van der Waals surface area contributed by atoms with Crippen molar-refractivity contribution in [3.8, 4) is 0 Å². The maximum Gasteiger partial charge on any atom is 0.0299 e. The molecule has 0 unspecified atom stereocenters. The molecule has 0 aliphatic heterocycles. The maximum atomic E-state index is 2.33. The molecule has 0 amide bonds.